The molecule has 0 amide bonds. The van der Waals surface area contributed by atoms with E-state index in [2.05, 4.69) is 12.1 Å². The number of ether oxygens (including phenoxy) is 2. The Labute approximate surface area is 286 Å². The van der Waals surface area contributed by atoms with Crippen LogP contribution in [0.15, 0.2) is 127 Å². The van der Waals surface area contributed by atoms with Crippen molar-refractivity contribution in [3.05, 3.63) is 139 Å². The van der Waals surface area contributed by atoms with E-state index in [0.717, 1.165) is 51.1 Å². The van der Waals surface area contributed by atoms with Crippen LogP contribution in [0.3, 0.4) is 0 Å². The Morgan fingerprint density at radius 3 is 1.73 bits per heavy atom. The monoisotopic (exact) mass is 676 g/mol. The molecular weight excluding hydrogens is 640 g/mol. The van der Waals surface area contributed by atoms with Crippen LogP contribution >= 0.6 is 8.58 Å². The number of benzene rings is 6. The standard InChI is InChI=1S/C42H36F3O3P/c1-26(2)30-18-11-12-19-33(30)35-24-29(42(43,44)45)25-37(39(35)46)49-41-36(47-3)23-22-34(40(41)48-4)38-31(27-14-7-5-8-15-27)20-13-21-32(38)28-16-9-6-10-17-28/h5-26,46,49H,1-4H3. The second-order valence-corrected chi connectivity index (χ2v) is 13.3. The molecule has 0 aliphatic rings. The fraction of sp³-hybridized carbons (Fsp3) is 0.143. The topological polar surface area (TPSA) is 38.7 Å². The van der Waals surface area contributed by atoms with Crippen LogP contribution in [0, 0.1) is 0 Å². The van der Waals surface area contributed by atoms with Gasteiger partial charge >= 0.3 is 6.18 Å². The van der Waals surface area contributed by atoms with Crippen molar-refractivity contribution in [2.24, 2.45) is 0 Å². The normalized spacial score (nSPS) is 11.8. The van der Waals surface area contributed by atoms with Crippen molar-refractivity contribution >= 4 is 19.2 Å². The molecule has 1 atom stereocenters. The van der Waals surface area contributed by atoms with E-state index in [1.165, 1.54) is 7.11 Å². The van der Waals surface area contributed by atoms with Crippen molar-refractivity contribution < 1.29 is 27.8 Å². The number of hydrogen-bond acceptors (Lipinski definition) is 3. The van der Waals surface area contributed by atoms with Gasteiger partial charge in [0.1, 0.15) is 17.2 Å². The zero-order valence-electron chi connectivity index (χ0n) is 27.6. The SMILES string of the molecule is COc1ccc(-c2c(-c3ccccc3)cccc2-c2ccccc2)c(OC)c1Pc1cc(C(F)(F)F)cc(-c2ccccc2C(C)C)c1O. The van der Waals surface area contributed by atoms with Crippen molar-refractivity contribution in [1.29, 1.82) is 0 Å². The van der Waals surface area contributed by atoms with Gasteiger partial charge in [0.05, 0.1) is 25.1 Å². The molecule has 1 unspecified atom stereocenters. The number of halogens is 3. The number of phenols is 1. The van der Waals surface area contributed by atoms with E-state index in [1.54, 1.807) is 19.2 Å². The molecule has 0 aromatic heterocycles. The van der Waals surface area contributed by atoms with E-state index in [1.807, 2.05) is 105 Å². The van der Waals surface area contributed by atoms with Gasteiger partial charge in [0.2, 0.25) is 0 Å². The summed E-state index contributed by atoms with van der Waals surface area (Å²) in [5.74, 6) is 0.720. The number of hydrogen-bond donors (Lipinski definition) is 1. The molecule has 0 spiro atoms. The Kier molecular flexibility index (Phi) is 9.80. The molecule has 7 heteroatoms. The van der Waals surface area contributed by atoms with Gasteiger partial charge in [0, 0.05) is 22.0 Å². The van der Waals surface area contributed by atoms with Gasteiger partial charge in [0.25, 0.3) is 0 Å². The molecule has 248 valence electrons. The van der Waals surface area contributed by atoms with E-state index in [9.17, 15) is 18.3 Å². The predicted octanol–water partition coefficient (Wildman–Crippen LogP) is 10.8. The Morgan fingerprint density at radius 2 is 1.18 bits per heavy atom. The Hall–Kier alpha value is -5.06. The number of phenolic OH excluding ortho intramolecular Hbond substituents is 1. The van der Waals surface area contributed by atoms with Gasteiger partial charge in [-0.25, -0.2) is 0 Å². The molecule has 1 N–H and O–H groups in total. The van der Waals surface area contributed by atoms with Crippen LogP contribution in [-0.4, -0.2) is 19.3 Å². The Bertz CT molecular complexity index is 2030. The van der Waals surface area contributed by atoms with E-state index in [0.29, 0.717) is 22.4 Å². The highest BCUT2D eigenvalue weighted by molar-refractivity contribution is 7.56. The molecule has 0 fully saturated rings. The first kappa shape index (κ1) is 33.8. The van der Waals surface area contributed by atoms with Crippen LogP contribution in [0.2, 0.25) is 0 Å². The third-order valence-corrected chi connectivity index (χ3v) is 9.99. The average molecular weight is 677 g/mol. The molecular formula is C42H36F3O3P. The first-order valence-electron chi connectivity index (χ1n) is 15.9. The summed E-state index contributed by atoms with van der Waals surface area (Å²) in [5, 5.41) is 12.4. The molecule has 3 nitrogen and oxygen atoms in total. The zero-order valence-corrected chi connectivity index (χ0v) is 28.6. The van der Waals surface area contributed by atoms with Crippen molar-refractivity contribution in [3.63, 3.8) is 0 Å². The van der Waals surface area contributed by atoms with Crippen LogP contribution in [0.4, 0.5) is 13.2 Å². The summed E-state index contributed by atoms with van der Waals surface area (Å²) in [5.41, 5.74) is 6.29. The summed E-state index contributed by atoms with van der Waals surface area (Å²) in [6.45, 7) is 3.95. The molecule has 0 aliphatic heterocycles. The van der Waals surface area contributed by atoms with Crippen LogP contribution in [0.5, 0.6) is 17.2 Å². The Balaban J connectivity index is 1.61. The molecule has 0 radical (unpaired) electrons. The molecule has 0 saturated carbocycles. The number of alkyl halides is 3. The molecule has 6 rings (SSSR count). The first-order valence-corrected chi connectivity index (χ1v) is 16.9. The maximum atomic E-state index is 14.5. The summed E-state index contributed by atoms with van der Waals surface area (Å²) in [6.07, 6.45) is -4.64. The Morgan fingerprint density at radius 1 is 0.612 bits per heavy atom. The summed E-state index contributed by atoms with van der Waals surface area (Å²) >= 11 is 0. The van der Waals surface area contributed by atoms with E-state index < -0.39 is 20.3 Å². The fourth-order valence-corrected chi connectivity index (χ4v) is 7.71. The minimum atomic E-state index is -4.64. The zero-order chi connectivity index (χ0) is 34.7. The van der Waals surface area contributed by atoms with Crippen molar-refractivity contribution in [3.8, 4) is 61.8 Å². The smallest absolute Gasteiger partial charge is 0.416 e. The lowest BCUT2D eigenvalue weighted by atomic mass is 9.87. The lowest BCUT2D eigenvalue weighted by molar-refractivity contribution is -0.137. The van der Waals surface area contributed by atoms with Crippen LogP contribution in [-0.2, 0) is 6.18 Å². The summed E-state index contributed by atoms with van der Waals surface area (Å²) in [4.78, 5) is 0. The van der Waals surface area contributed by atoms with E-state index >= 15 is 0 Å². The second kappa shape index (κ2) is 14.2. The van der Waals surface area contributed by atoms with Gasteiger partial charge in [-0.2, -0.15) is 13.2 Å². The molecule has 0 bridgehead atoms. The van der Waals surface area contributed by atoms with Gasteiger partial charge in [0.15, 0.2) is 0 Å². The summed E-state index contributed by atoms with van der Waals surface area (Å²) < 4.78 is 55.3. The maximum absolute atomic E-state index is 14.5. The summed E-state index contributed by atoms with van der Waals surface area (Å²) in [6, 6.07) is 39.3. The van der Waals surface area contributed by atoms with Gasteiger partial charge in [-0.1, -0.05) is 117 Å². The second-order valence-electron chi connectivity index (χ2n) is 12.0. The van der Waals surface area contributed by atoms with Crippen molar-refractivity contribution in [2.45, 2.75) is 25.9 Å². The van der Waals surface area contributed by atoms with E-state index in [-0.39, 0.29) is 22.5 Å². The fourth-order valence-electron chi connectivity index (χ4n) is 6.30. The quantitative estimate of drug-likeness (QED) is 0.155. The highest BCUT2D eigenvalue weighted by Gasteiger charge is 2.33. The predicted molar refractivity (Wildman–Crippen MR) is 196 cm³/mol. The van der Waals surface area contributed by atoms with Crippen molar-refractivity contribution in [2.75, 3.05) is 14.2 Å². The lowest BCUT2D eigenvalue weighted by Gasteiger charge is -2.23. The minimum Gasteiger partial charge on any atom is -0.507 e. The van der Waals surface area contributed by atoms with Gasteiger partial charge in [-0.3, -0.25) is 0 Å². The van der Waals surface area contributed by atoms with Crippen LogP contribution < -0.4 is 20.1 Å². The number of aromatic hydroxyl groups is 1. The van der Waals surface area contributed by atoms with Gasteiger partial charge in [-0.05, 0) is 72.1 Å². The molecule has 0 saturated heterocycles. The van der Waals surface area contributed by atoms with Crippen molar-refractivity contribution in [1.82, 2.24) is 0 Å². The largest absolute Gasteiger partial charge is 0.507 e. The molecule has 0 aliphatic carbocycles. The average Bonchev–Trinajstić information content (AvgIpc) is 3.12. The highest BCUT2D eigenvalue weighted by atomic mass is 31.1. The maximum Gasteiger partial charge on any atom is 0.416 e. The lowest BCUT2D eigenvalue weighted by Crippen LogP contribution is -2.15. The summed E-state index contributed by atoms with van der Waals surface area (Å²) in [7, 11) is 2.63. The molecule has 0 heterocycles. The number of methoxy groups -OCH3 is 2. The molecule has 6 aromatic carbocycles. The van der Waals surface area contributed by atoms with E-state index in [4.69, 9.17) is 9.47 Å². The van der Waals surface area contributed by atoms with Crippen LogP contribution in [0.1, 0.15) is 30.9 Å². The van der Waals surface area contributed by atoms with Gasteiger partial charge < -0.3 is 14.6 Å². The minimum absolute atomic E-state index is 0.0244. The number of rotatable bonds is 9. The third-order valence-electron chi connectivity index (χ3n) is 8.62. The first-order chi connectivity index (χ1) is 23.6. The third kappa shape index (κ3) is 6.79. The highest BCUT2D eigenvalue weighted by Crippen LogP contribution is 2.47. The van der Waals surface area contributed by atoms with Crippen LogP contribution in [0.25, 0.3) is 44.5 Å². The molecule has 6 aromatic rings. The van der Waals surface area contributed by atoms with Gasteiger partial charge in [-0.15, -0.1) is 0 Å². The molecule has 49 heavy (non-hydrogen) atoms.